The first-order valence-electron chi connectivity index (χ1n) is 4.66. The number of carbonyl (C=O) groups excluding carboxylic acids is 1. The Morgan fingerprint density at radius 3 is 2.88 bits per heavy atom. The van der Waals surface area contributed by atoms with Crippen LogP contribution in [0.1, 0.15) is 15.5 Å². The molecular weight excluding hydrogens is 230 g/mol. The van der Waals surface area contributed by atoms with Crippen LogP contribution in [-0.2, 0) is 11.2 Å². The summed E-state index contributed by atoms with van der Waals surface area (Å²) >= 11 is 1.35. The second-order valence-corrected chi connectivity index (χ2v) is 4.16. The molecular formula is C9H13N3O3S. The Balaban J connectivity index is 2.68. The fourth-order valence-corrected chi connectivity index (χ4v) is 1.91. The van der Waals surface area contributed by atoms with Crippen LogP contribution in [0.4, 0.5) is 0 Å². The molecule has 1 amide bonds. The number of aliphatic carboxylic acids is 1. The van der Waals surface area contributed by atoms with Gasteiger partial charge in [-0.2, -0.15) is 0 Å². The first-order chi connectivity index (χ1) is 7.54. The third kappa shape index (κ3) is 3.28. The summed E-state index contributed by atoms with van der Waals surface area (Å²) < 4.78 is 0. The Bertz CT molecular complexity index is 391. The van der Waals surface area contributed by atoms with Crippen molar-refractivity contribution in [2.75, 3.05) is 20.1 Å². The zero-order valence-electron chi connectivity index (χ0n) is 8.84. The van der Waals surface area contributed by atoms with Gasteiger partial charge >= 0.3 is 5.97 Å². The lowest BCUT2D eigenvalue weighted by molar-refractivity contribution is -0.137. The van der Waals surface area contributed by atoms with Crippen LogP contribution in [0.3, 0.4) is 0 Å². The molecule has 0 spiro atoms. The Kier molecular flexibility index (Phi) is 4.39. The van der Waals surface area contributed by atoms with E-state index >= 15 is 0 Å². The molecule has 1 aromatic heterocycles. The van der Waals surface area contributed by atoms with Crippen LogP contribution in [0.5, 0.6) is 0 Å². The van der Waals surface area contributed by atoms with Crippen LogP contribution in [0.25, 0.3) is 0 Å². The number of nitrogens with zero attached hydrogens (tertiary/aromatic N) is 2. The summed E-state index contributed by atoms with van der Waals surface area (Å²) in [6, 6.07) is 0. The van der Waals surface area contributed by atoms with Gasteiger partial charge in [0.25, 0.3) is 5.91 Å². The van der Waals surface area contributed by atoms with Gasteiger partial charge in [-0.15, -0.1) is 11.3 Å². The van der Waals surface area contributed by atoms with Crippen molar-refractivity contribution in [3.05, 3.63) is 16.1 Å². The molecule has 1 aromatic rings. The highest BCUT2D eigenvalue weighted by Gasteiger charge is 2.17. The topological polar surface area (TPSA) is 96.5 Å². The number of carboxylic acid groups (broad SMARTS) is 1. The van der Waals surface area contributed by atoms with Crippen molar-refractivity contribution in [3.8, 4) is 0 Å². The minimum absolute atomic E-state index is 0.275. The van der Waals surface area contributed by atoms with Crippen LogP contribution in [0.15, 0.2) is 5.38 Å². The molecule has 0 fully saturated rings. The van der Waals surface area contributed by atoms with E-state index in [9.17, 15) is 9.59 Å². The van der Waals surface area contributed by atoms with Gasteiger partial charge in [-0.3, -0.25) is 9.59 Å². The molecule has 0 saturated heterocycles. The van der Waals surface area contributed by atoms with Gasteiger partial charge in [-0.25, -0.2) is 4.98 Å². The maximum Gasteiger partial charge on any atom is 0.323 e. The second kappa shape index (κ2) is 5.57. The highest BCUT2D eigenvalue weighted by molar-refractivity contribution is 7.09. The molecule has 0 saturated carbocycles. The summed E-state index contributed by atoms with van der Waals surface area (Å²) in [6.45, 7) is 0.148. The van der Waals surface area contributed by atoms with Gasteiger partial charge in [0.1, 0.15) is 12.2 Å². The fourth-order valence-electron chi connectivity index (χ4n) is 1.12. The number of aromatic nitrogens is 1. The molecule has 1 heterocycles. The van der Waals surface area contributed by atoms with Gasteiger partial charge in [0.05, 0.1) is 5.01 Å². The standard InChI is InChI=1S/C9H13N3O3S/c1-12(4-8(13)14)9(15)6-5-16-7(11-6)2-3-10/h5H,2-4,10H2,1H3,(H,13,14). The summed E-state index contributed by atoms with van der Waals surface area (Å²) in [6.07, 6.45) is 0.626. The van der Waals surface area contributed by atoms with Crippen molar-refractivity contribution < 1.29 is 14.7 Å². The second-order valence-electron chi connectivity index (χ2n) is 3.22. The average molecular weight is 243 g/mol. The molecule has 0 bridgehead atoms. The molecule has 0 aliphatic heterocycles. The van der Waals surface area contributed by atoms with E-state index in [1.54, 1.807) is 5.38 Å². The number of rotatable bonds is 5. The van der Waals surface area contributed by atoms with Crippen LogP contribution >= 0.6 is 11.3 Å². The molecule has 0 aliphatic rings. The minimum Gasteiger partial charge on any atom is -0.480 e. The van der Waals surface area contributed by atoms with Gasteiger partial charge in [0.2, 0.25) is 0 Å². The number of carbonyl (C=O) groups is 2. The van der Waals surface area contributed by atoms with Gasteiger partial charge in [-0.1, -0.05) is 0 Å². The first-order valence-corrected chi connectivity index (χ1v) is 5.54. The van der Waals surface area contributed by atoms with Crippen LogP contribution in [-0.4, -0.2) is 47.0 Å². The van der Waals surface area contributed by atoms with E-state index in [1.165, 1.54) is 18.4 Å². The van der Waals surface area contributed by atoms with Crippen molar-refractivity contribution in [1.29, 1.82) is 0 Å². The van der Waals surface area contributed by atoms with Crippen molar-refractivity contribution in [2.45, 2.75) is 6.42 Å². The number of hydrogen-bond acceptors (Lipinski definition) is 5. The first kappa shape index (κ1) is 12.6. The Morgan fingerprint density at radius 1 is 1.62 bits per heavy atom. The van der Waals surface area contributed by atoms with E-state index < -0.39 is 5.97 Å². The highest BCUT2D eigenvalue weighted by atomic mass is 32.1. The minimum atomic E-state index is -1.05. The lowest BCUT2D eigenvalue weighted by Crippen LogP contribution is -2.32. The van der Waals surface area contributed by atoms with Crippen LogP contribution in [0, 0.1) is 0 Å². The Labute approximate surface area is 96.7 Å². The van der Waals surface area contributed by atoms with E-state index in [1.807, 2.05) is 0 Å². The molecule has 0 radical (unpaired) electrons. The number of likely N-dealkylation sites (N-methyl/N-ethyl adjacent to an activating group) is 1. The molecule has 3 N–H and O–H groups in total. The molecule has 16 heavy (non-hydrogen) atoms. The van der Waals surface area contributed by atoms with Crippen LogP contribution < -0.4 is 5.73 Å². The maximum atomic E-state index is 11.7. The number of nitrogens with two attached hydrogens (primary N) is 1. The number of amides is 1. The van der Waals surface area contributed by atoms with Crippen LogP contribution in [0.2, 0.25) is 0 Å². The van der Waals surface area contributed by atoms with E-state index in [-0.39, 0.29) is 18.1 Å². The summed E-state index contributed by atoms with van der Waals surface area (Å²) in [5.74, 6) is -1.44. The smallest absolute Gasteiger partial charge is 0.323 e. The number of carboxylic acids is 1. The predicted molar refractivity (Wildman–Crippen MR) is 59.5 cm³/mol. The quantitative estimate of drug-likeness (QED) is 0.746. The van der Waals surface area contributed by atoms with Gasteiger partial charge in [0, 0.05) is 18.8 Å². The third-order valence-electron chi connectivity index (χ3n) is 1.85. The lowest BCUT2D eigenvalue weighted by atomic mass is 10.4. The van der Waals surface area contributed by atoms with Crippen molar-refractivity contribution in [3.63, 3.8) is 0 Å². The van der Waals surface area contributed by atoms with Crippen molar-refractivity contribution >= 4 is 23.2 Å². The Hall–Kier alpha value is -1.47. The van der Waals surface area contributed by atoms with E-state index in [0.29, 0.717) is 13.0 Å². The monoisotopic (exact) mass is 243 g/mol. The molecule has 0 unspecified atom stereocenters. The van der Waals surface area contributed by atoms with Gasteiger partial charge in [-0.05, 0) is 6.54 Å². The fraction of sp³-hybridized carbons (Fsp3) is 0.444. The summed E-state index contributed by atoms with van der Waals surface area (Å²) in [4.78, 5) is 27.3. The van der Waals surface area contributed by atoms with E-state index in [0.717, 1.165) is 9.91 Å². The molecule has 0 aliphatic carbocycles. The molecule has 0 aromatic carbocycles. The lowest BCUT2D eigenvalue weighted by Gasteiger charge is -2.12. The molecule has 0 atom stereocenters. The average Bonchev–Trinajstić information content (AvgIpc) is 2.64. The van der Waals surface area contributed by atoms with E-state index in [2.05, 4.69) is 4.98 Å². The molecule has 6 nitrogen and oxygen atoms in total. The zero-order chi connectivity index (χ0) is 12.1. The van der Waals surface area contributed by atoms with Crippen molar-refractivity contribution in [1.82, 2.24) is 9.88 Å². The van der Waals surface area contributed by atoms with Gasteiger partial charge in [0.15, 0.2) is 0 Å². The maximum absolute atomic E-state index is 11.7. The highest BCUT2D eigenvalue weighted by Crippen LogP contribution is 2.11. The summed E-state index contributed by atoms with van der Waals surface area (Å²) in [5, 5.41) is 10.9. The molecule has 1 rings (SSSR count). The molecule has 7 heteroatoms. The largest absolute Gasteiger partial charge is 0.480 e. The van der Waals surface area contributed by atoms with Gasteiger partial charge < -0.3 is 15.7 Å². The number of hydrogen-bond donors (Lipinski definition) is 2. The third-order valence-corrected chi connectivity index (χ3v) is 2.76. The summed E-state index contributed by atoms with van der Waals surface area (Å²) in [5.41, 5.74) is 5.64. The Morgan fingerprint density at radius 2 is 2.31 bits per heavy atom. The summed E-state index contributed by atoms with van der Waals surface area (Å²) in [7, 11) is 1.43. The zero-order valence-corrected chi connectivity index (χ0v) is 9.66. The predicted octanol–water partition coefficient (Wildman–Crippen LogP) is -0.199. The number of thiazole rings is 1. The van der Waals surface area contributed by atoms with Crippen molar-refractivity contribution in [2.24, 2.45) is 5.73 Å². The normalized spacial score (nSPS) is 10.1. The SMILES string of the molecule is CN(CC(=O)O)C(=O)c1csc(CCN)n1. The molecule has 88 valence electrons. The van der Waals surface area contributed by atoms with E-state index in [4.69, 9.17) is 10.8 Å².